The first-order chi connectivity index (χ1) is 20.1. The van der Waals surface area contributed by atoms with Gasteiger partial charge in [-0.2, -0.15) is 4.37 Å². The van der Waals surface area contributed by atoms with Crippen molar-refractivity contribution in [3.8, 4) is 5.88 Å². The molecule has 0 spiro atoms. The summed E-state index contributed by atoms with van der Waals surface area (Å²) in [7, 11) is 0. The predicted molar refractivity (Wildman–Crippen MR) is 152 cm³/mol. The Morgan fingerprint density at radius 2 is 1.37 bits per heavy atom. The third-order valence-electron chi connectivity index (χ3n) is 6.16. The number of hydrogen-bond donors (Lipinski definition) is 0. The van der Waals surface area contributed by atoms with Gasteiger partial charge in [0, 0.05) is 32.1 Å². The summed E-state index contributed by atoms with van der Waals surface area (Å²) >= 11 is 1.07. The normalized spacial score (nSPS) is 16.2. The molecule has 242 valence electrons. The van der Waals surface area contributed by atoms with Gasteiger partial charge >= 0.3 is 23.9 Å². The third kappa shape index (κ3) is 11.2. The summed E-state index contributed by atoms with van der Waals surface area (Å²) in [6.45, 7) is 15.1. The number of esters is 4. The van der Waals surface area contributed by atoms with Gasteiger partial charge in [-0.25, -0.2) is 14.4 Å². The van der Waals surface area contributed by atoms with Gasteiger partial charge in [-0.3, -0.25) is 9.59 Å². The van der Waals surface area contributed by atoms with E-state index in [2.05, 4.69) is 13.6 Å². The van der Waals surface area contributed by atoms with Crippen LogP contribution in [0.15, 0.2) is 0 Å². The second-order valence-corrected chi connectivity index (χ2v) is 11.4. The Kier molecular flexibility index (Phi) is 13.6. The molecule has 16 heteroatoms. The van der Waals surface area contributed by atoms with Gasteiger partial charge in [0.2, 0.25) is 5.82 Å². The van der Waals surface area contributed by atoms with Crippen molar-refractivity contribution in [1.82, 2.24) is 13.6 Å². The fourth-order valence-corrected chi connectivity index (χ4v) is 4.40. The Balaban J connectivity index is 1.86. The standard InChI is InChI=1S/C27H42N4O11S/c1-16(40-25(35)18(3)42-26(36)19(4)41-24(34)17(2)39-20(5)32)23(33)31(27(6,7)8)10-9-13-38-22-21(28-43-29-22)30-11-14-37-15-12-30/h16-19H,9-15H2,1-8H3. The second kappa shape index (κ2) is 16.4. The largest absolute Gasteiger partial charge is 0.474 e. The van der Waals surface area contributed by atoms with E-state index in [1.54, 1.807) is 4.90 Å². The van der Waals surface area contributed by atoms with Gasteiger partial charge in [-0.15, -0.1) is 4.37 Å². The average molecular weight is 631 g/mol. The van der Waals surface area contributed by atoms with Crippen molar-refractivity contribution >= 4 is 47.3 Å². The highest BCUT2D eigenvalue weighted by atomic mass is 32.1. The van der Waals surface area contributed by atoms with Gasteiger partial charge in [0.15, 0.2) is 24.4 Å². The second-order valence-electron chi connectivity index (χ2n) is 10.8. The van der Waals surface area contributed by atoms with E-state index in [0.29, 0.717) is 51.0 Å². The van der Waals surface area contributed by atoms with E-state index < -0.39 is 59.7 Å². The maximum atomic E-state index is 13.3. The van der Waals surface area contributed by atoms with E-state index in [1.165, 1.54) is 27.7 Å². The highest BCUT2D eigenvalue weighted by molar-refractivity contribution is 6.99. The summed E-state index contributed by atoms with van der Waals surface area (Å²) in [6, 6.07) is 0. The lowest BCUT2D eigenvalue weighted by atomic mass is 10.0. The minimum absolute atomic E-state index is 0.284. The molecule has 1 fully saturated rings. The number of amides is 1. The van der Waals surface area contributed by atoms with Crippen LogP contribution in [0, 0.1) is 0 Å². The molecule has 2 heterocycles. The van der Waals surface area contributed by atoms with Gasteiger partial charge in [0.1, 0.15) is 0 Å². The molecule has 1 aromatic rings. The molecular weight excluding hydrogens is 588 g/mol. The van der Waals surface area contributed by atoms with E-state index in [4.69, 9.17) is 28.4 Å². The van der Waals surface area contributed by atoms with Crippen LogP contribution in [0.1, 0.15) is 61.8 Å². The van der Waals surface area contributed by atoms with E-state index in [-0.39, 0.29) is 6.61 Å². The minimum atomic E-state index is -1.39. The van der Waals surface area contributed by atoms with Gasteiger partial charge in [-0.1, -0.05) is 0 Å². The first-order valence-corrected chi connectivity index (χ1v) is 14.7. The summed E-state index contributed by atoms with van der Waals surface area (Å²) in [5.41, 5.74) is -0.598. The maximum absolute atomic E-state index is 13.3. The molecule has 4 atom stereocenters. The van der Waals surface area contributed by atoms with Gasteiger partial charge in [0.05, 0.1) is 31.5 Å². The summed E-state index contributed by atoms with van der Waals surface area (Å²) in [5.74, 6) is -2.94. The summed E-state index contributed by atoms with van der Waals surface area (Å²) in [6.07, 6.45) is -4.70. The van der Waals surface area contributed by atoms with E-state index >= 15 is 0 Å². The van der Waals surface area contributed by atoms with E-state index in [9.17, 15) is 24.0 Å². The van der Waals surface area contributed by atoms with Crippen molar-refractivity contribution in [2.75, 3.05) is 44.4 Å². The molecule has 1 aliphatic rings. The number of carbonyl (C=O) groups is 5. The fourth-order valence-electron chi connectivity index (χ4n) is 3.88. The lowest BCUT2D eigenvalue weighted by molar-refractivity contribution is -0.184. The molecule has 1 aliphatic heterocycles. The molecule has 0 saturated carbocycles. The number of anilines is 1. The molecular formula is C27H42N4O11S. The average Bonchev–Trinajstić information content (AvgIpc) is 3.40. The number of rotatable bonds is 14. The van der Waals surface area contributed by atoms with Crippen molar-refractivity contribution in [1.29, 1.82) is 0 Å². The van der Waals surface area contributed by atoms with Crippen LogP contribution >= 0.6 is 11.7 Å². The Morgan fingerprint density at radius 1 is 0.860 bits per heavy atom. The van der Waals surface area contributed by atoms with Crippen LogP contribution < -0.4 is 9.64 Å². The first-order valence-electron chi connectivity index (χ1n) is 14.0. The Labute approximate surface area is 255 Å². The molecule has 0 aliphatic carbocycles. The lowest BCUT2D eigenvalue weighted by Crippen LogP contribution is -2.51. The molecule has 0 aromatic carbocycles. The summed E-state index contributed by atoms with van der Waals surface area (Å²) in [5, 5.41) is 0. The molecule has 2 rings (SSSR count). The zero-order chi connectivity index (χ0) is 32.3. The SMILES string of the molecule is CC(=O)OC(C)C(=O)OC(C)C(=O)OC(C)C(=O)OC(C)C(=O)N(CCCOc1nsnc1N1CCOCC1)C(C)(C)C. The van der Waals surface area contributed by atoms with Gasteiger partial charge in [-0.05, 0) is 54.9 Å². The first kappa shape index (κ1) is 35.7. The molecule has 0 bridgehead atoms. The van der Waals surface area contributed by atoms with Crippen molar-refractivity contribution in [3.05, 3.63) is 0 Å². The Hall–Kier alpha value is -3.53. The number of aromatic nitrogens is 2. The number of carbonyl (C=O) groups excluding carboxylic acids is 5. The Bertz CT molecular complexity index is 1120. The van der Waals surface area contributed by atoms with Crippen LogP contribution in [0.2, 0.25) is 0 Å². The highest BCUT2D eigenvalue weighted by Gasteiger charge is 2.34. The van der Waals surface area contributed by atoms with Crippen LogP contribution in [0.25, 0.3) is 0 Å². The van der Waals surface area contributed by atoms with Crippen LogP contribution in [0.3, 0.4) is 0 Å². The minimum Gasteiger partial charge on any atom is -0.474 e. The number of hydrogen-bond acceptors (Lipinski definition) is 15. The van der Waals surface area contributed by atoms with Crippen molar-refractivity contribution in [3.63, 3.8) is 0 Å². The van der Waals surface area contributed by atoms with Crippen LogP contribution in [0.5, 0.6) is 5.88 Å². The quantitative estimate of drug-likeness (QED) is 0.164. The summed E-state index contributed by atoms with van der Waals surface area (Å²) in [4.78, 5) is 64.8. The molecule has 0 N–H and O–H groups in total. The summed E-state index contributed by atoms with van der Waals surface area (Å²) < 4.78 is 39.8. The molecule has 4 unspecified atom stereocenters. The zero-order valence-electron chi connectivity index (χ0n) is 25.9. The molecule has 1 saturated heterocycles. The third-order valence-corrected chi connectivity index (χ3v) is 6.66. The molecule has 0 radical (unpaired) electrons. The van der Waals surface area contributed by atoms with Gasteiger partial charge < -0.3 is 38.2 Å². The molecule has 15 nitrogen and oxygen atoms in total. The zero-order valence-corrected chi connectivity index (χ0v) is 26.8. The number of nitrogens with zero attached hydrogens (tertiary/aromatic N) is 4. The van der Waals surface area contributed by atoms with Crippen LogP contribution in [-0.4, -0.2) is 113 Å². The van der Waals surface area contributed by atoms with Gasteiger partial charge in [0.25, 0.3) is 11.8 Å². The maximum Gasteiger partial charge on any atom is 0.347 e. The molecule has 1 amide bonds. The van der Waals surface area contributed by atoms with Crippen LogP contribution in [0.4, 0.5) is 5.82 Å². The number of ether oxygens (including phenoxy) is 6. The van der Waals surface area contributed by atoms with Crippen molar-refractivity contribution < 1.29 is 52.4 Å². The highest BCUT2D eigenvalue weighted by Crippen LogP contribution is 2.26. The van der Waals surface area contributed by atoms with E-state index in [0.717, 1.165) is 18.7 Å². The van der Waals surface area contributed by atoms with E-state index in [1.807, 2.05) is 20.8 Å². The smallest absolute Gasteiger partial charge is 0.347 e. The lowest BCUT2D eigenvalue weighted by Gasteiger charge is -2.37. The predicted octanol–water partition coefficient (Wildman–Crippen LogP) is 1.52. The monoisotopic (exact) mass is 630 g/mol. The fraction of sp³-hybridized carbons (Fsp3) is 0.741. The Morgan fingerprint density at radius 3 is 1.88 bits per heavy atom. The molecule has 1 aromatic heterocycles. The van der Waals surface area contributed by atoms with Crippen molar-refractivity contribution in [2.24, 2.45) is 0 Å². The van der Waals surface area contributed by atoms with Crippen LogP contribution in [-0.2, 0) is 47.7 Å². The molecule has 43 heavy (non-hydrogen) atoms. The van der Waals surface area contributed by atoms with Crippen molar-refractivity contribution in [2.45, 2.75) is 91.8 Å². The number of morpholine rings is 1. The topological polar surface area (TPSA) is 173 Å².